The minimum absolute atomic E-state index is 0.0506. The highest BCUT2D eigenvalue weighted by Crippen LogP contribution is 2.33. The highest BCUT2D eigenvalue weighted by molar-refractivity contribution is 7.90. The zero-order chi connectivity index (χ0) is 23.5. The number of sulfone groups is 1. The molecule has 0 radical (unpaired) electrons. The van der Waals surface area contributed by atoms with Crippen LogP contribution in [0.1, 0.15) is 49.8 Å². The van der Waals surface area contributed by atoms with Crippen LogP contribution in [0.2, 0.25) is 0 Å². The quantitative estimate of drug-likeness (QED) is 0.524. The Morgan fingerprint density at radius 3 is 2.41 bits per heavy atom. The molecule has 1 unspecified atom stereocenters. The Balaban J connectivity index is 1.99. The van der Waals surface area contributed by atoms with Crippen LogP contribution in [0, 0.1) is 5.92 Å². The second-order valence-electron chi connectivity index (χ2n) is 7.74. The summed E-state index contributed by atoms with van der Waals surface area (Å²) in [5.74, 6) is 0.854. The lowest BCUT2D eigenvalue weighted by Gasteiger charge is -2.24. The number of fused-ring (bicyclic) bond motifs is 1. The van der Waals surface area contributed by atoms with Crippen LogP contribution >= 0.6 is 0 Å². The molecule has 172 valence electrons. The molecular formula is C23H29N3O5S. The standard InChI is InChI=1S/C23H29N3O5S/c1-6-30-18-12-11-16(14-19(18)31-7-2)20(15(3)4)24-22(27)21-17-10-8-9-13-26(17)23(25-21)32(5,28)29/h8-15,20H,6-7H2,1-5H3,(H,24,27). The average Bonchev–Trinajstić information content (AvgIpc) is 3.14. The van der Waals surface area contributed by atoms with Crippen molar-refractivity contribution < 1.29 is 22.7 Å². The first kappa shape index (κ1) is 23.6. The van der Waals surface area contributed by atoms with Crippen LogP contribution in [-0.4, -0.2) is 43.2 Å². The number of benzene rings is 1. The summed E-state index contributed by atoms with van der Waals surface area (Å²) in [6.45, 7) is 8.79. The molecule has 2 heterocycles. The van der Waals surface area contributed by atoms with E-state index in [1.165, 1.54) is 4.40 Å². The molecule has 8 nitrogen and oxygen atoms in total. The number of aromatic nitrogens is 2. The van der Waals surface area contributed by atoms with E-state index in [4.69, 9.17) is 9.47 Å². The highest BCUT2D eigenvalue weighted by atomic mass is 32.2. The van der Waals surface area contributed by atoms with Crippen LogP contribution in [0.25, 0.3) is 5.52 Å². The van der Waals surface area contributed by atoms with Gasteiger partial charge in [0.25, 0.3) is 5.91 Å². The van der Waals surface area contributed by atoms with E-state index in [9.17, 15) is 13.2 Å². The number of carbonyl (C=O) groups is 1. The summed E-state index contributed by atoms with van der Waals surface area (Å²) in [5.41, 5.74) is 1.34. The van der Waals surface area contributed by atoms with Gasteiger partial charge in [-0.25, -0.2) is 13.4 Å². The number of amides is 1. The van der Waals surface area contributed by atoms with Gasteiger partial charge in [-0.2, -0.15) is 0 Å². The molecule has 0 aliphatic heterocycles. The fourth-order valence-electron chi connectivity index (χ4n) is 3.54. The van der Waals surface area contributed by atoms with Crippen LogP contribution in [-0.2, 0) is 9.84 Å². The molecule has 0 aliphatic rings. The number of ether oxygens (including phenoxy) is 2. The number of pyridine rings is 1. The molecular weight excluding hydrogens is 430 g/mol. The molecule has 3 rings (SSSR count). The third kappa shape index (κ3) is 4.88. The van der Waals surface area contributed by atoms with E-state index < -0.39 is 15.7 Å². The van der Waals surface area contributed by atoms with E-state index in [1.54, 1.807) is 24.4 Å². The number of hydrogen-bond donors (Lipinski definition) is 1. The van der Waals surface area contributed by atoms with Gasteiger partial charge in [-0.05, 0) is 49.6 Å². The molecule has 3 aromatic rings. The van der Waals surface area contributed by atoms with Gasteiger partial charge in [0, 0.05) is 12.5 Å². The third-order valence-electron chi connectivity index (χ3n) is 4.94. The van der Waals surface area contributed by atoms with Gasteiger partial charge in [0.1, 0.15) is 0 Å². The zero-order valence-electron chi connectivity index (χ0n) is 19.0. The van der Waals surface area contributed by atoms with Crippen LogP contribution in [0.5, 0.6) is 11.5 Å². The van der Waals surface area contributed by atoms with E-state index in [2.05, 4.69) is 10.3 Å². The van der Waals surface area contributed by atoms with Crippen molar-refractivity contribution in [1.82, 2.24) is 14.7 Å². The maximum atomic E-state index is 13.2. The van der Waals surface area contributed by atoms with E-state index in [0.29, 0.717) is 30.2 Å². The maximum absolute atomic E-state index is 13.2. The van der Waals surface area contributed by atoms with Crippen molar-refractivity contribution in [3.63, 3.8) is 0 Å². The van der Waals surface area contributed by atoms with Crippen LogP contribution in [0.15, 0.2) is 47.8 Å². The van der Waals surface area contributed by atoms with Crippen molar-refractivity contribution in [3.05, 3.63) is 53.9 Å². The summed E-state index contributed by atoms with van der Waals surface area (Å²) in [4.78, 5) is 17.4. The Morgan fingerprint density at radius 1 is 1.09 bits per heavy atom. The van der Waals surface area contributed by atoms with Gasteiger partial charge >= 0.3 is 0 Å². The normalized spacial score (nSPS) is 12.7. The minimum atomic E-state index is -3.62. The van der Waals surface area contributed by atoms with E-state index in [-0.39, 0.29) is 22.8 Å². The molecule has 9 heteroatoms. The van der Waals surface area contributed by atoms with Crippen molar-refractivity contribution in [2.75, 3.05) is 19.5 Å². The lowest BCUT2D eigenvalue weighted by atomic mass is 9.95. The van der Waals surface area contributed by atoms with Crippen molar-refractivity contribution in [1.29, 1.82) is 0 Å². The topological polar surface area (TPSA) is 99.0 Å². The summed E-state index contributed by atoms with van der Waals surface area (Å²) in [7, 11) is -3.62. The molecule has 1 N–H and O–H groups in total. The number of imidazole rings is 1. The third-order valence-corrected chi connectivity index (χ3v) is 5.89. The summed E-state index contributed by atoms with van der Waals surface area (Å²) in [6.07, 6.45) is 2.65. The molecule has 32 heavy (non-hydrogen) atoms. The summed E-state index contributed by atoms with van der Waals surface area (Å²) >= 11 is 0. The minimum Gasteiger partial charge on any atom is -0.490 e. The van der Waals surface area contributed by atoms with Crippen molar-refractivity contribution >= 4 is 21.3 Å². The fourth-order valence-corrected chi connectivity index (χ4v) is 4.32. The van der Waals surface area contributed by atoms with E-state index in [1.807, 2.05) is 45.9 Å². The second kappa shape index (κ2) is 9.60. The van der Waals surface area contributed by atoms with Gasteiger partial charge in [-0.15, -0.1) is 0 Å². The number of hydrogen-bond acceptors (Lipinski definition) is 6. The fraction of sp³-hybridized carbons (Fsp3) is 0.391. The van der Waals surface area contributed by atoms with Crippen molar-refractivity contribution in [2.45, 2.75) is 38.9 Å². The number of rotatable bonds is 9. The summed E-state index contributed by atoms with van der Waals surface area (Å²) in [5, 5.41) is 2.85. The van der Waals surface area contributed by atoms with Gasteiger partial charge in [0.2, 0.25) is 15.0 Å². The first-order valence-electron chi connectivity index (χ1n) is 10.5. The molecule has 2 aromatic heterocycles. The monoisotopic (exact) mass is 459 g/mol. The molecule has 0 bridgehead atoms. The van der Waals surface area contributed by atoms with Gasteiger partial charge in [-0.1, -0.05) is 26.0 Å². The van der Waals surface area contributed by atoms with Crippen LogP contribution in [0.4, 0.5) is 0 Å². The highest BCUT2D eigenvalue weighted by Gasteiger charge is 2.26. The maximum Gasteiger partial charge on any atom is 0.272 e. The summed E-state index contributed by atoms with van der Waals surface area (Å²) < 4.78 is 37.1. The van der Waals surface area contributed by atoms with E-state index in [0.717, 1.165) is 11.8 Å². The SMILES string of the molecule is CCOc1ccc(C(NC(=O)c2nc(S(C)(=O)=O)n3ccccc23)C(C)C)cc1OCC. The lowest BCUT2D eigenvalue weighted by Crippen LogP contribution is -2.32. The van der Waals surface area contributed by atoms with Crippen LogP contribution < -0.4 is 14.8 Å². The van der Waals surface area contributed by atoms with E-state index >= 15 is 0 Å². The Bertz CT molecular complexity index is 1220. The number of nitrogens with one attached hydrogen (secondary N) is 1. The van der Waals surface area contributed by atoms with Gasteiger partial charge in [0.15, 0.2) is 17.2 Å². The van der Waals surface area contributed by atoms with Gasteiger partial charge < -0.3 is 14.8 Å². The Hall–Kier alpha value is -3.07. The molecule has 1 aromatic carbocycles. The zero-order valence-corrected chi connectivity index (χ0v) is 19.8. The summed E-state index contributed by atoms with van der Waals surface area (Å²) in [6, 6.07) is 10.3. The first-order chi connectivity index (χ1) is 15.2. The predicted molar refractivity (Wildman–Crippen MR) is 122 cm³/mol. The first-order valence-corrected chi connectivity index (χ1v) is 12.4. The largest absolute Gasteiger partial charge is 0.490 e. The Labute approximate surface area is 188 Å². The van der Waals surface area contributed by atoms with Crippen molar-refractivity contribution in [3.8, 4) is 11.5 Å². The molecule has 0 aliphatic carbocycles. The lowest BCUT2D eigenvalue weighted by molar-refractivity contribution is 0.0922. The van der Waals surface area contributed by atoms with Crippen LogP contribution in [0.3, 0.4) is 0 Å². The number of carbonyl (C=O) groups excluding carboxylic acids is 1. The molecule has 0 spiro atoms. The average molecular weight is 460 g/mol. The van der Waals surface area contributed by atoms with Gasteiger partial charge in [0.05, 0.1) is 24.8 Å². The molecule has 0 fully saturated rings. The Kier molecular flexibility index (Phi) is 7.08. The molecule has 1 amide bonds. The second-order valence-corrected chi connectivity index (χ2v) is 9.65. The smallest absolute Gasteiger partial charge is 0.272 e. The molecule has 1 atom stereocenters. The van der Waals surface area contributed by atoms with Gasteiger partial charge in [-0.3, -0.25) is 9.20 Å². The predicted octanol–water partition coefficient (Wildman–Crippen LogP) is 3.66. The number of nitrogens with zero attached hydrogens (tertiary/aromatic N) is 2. The molecule has 0 saturated carbocycles. The van der Waals surface area contributed by atoms with Crippen molar-refractivity contribution in [2.24, 2.45) is 5.92 Å². The Morgan fingerprint density at radius 2 is 1.78 bits per heavy atom. The molecule has 0 saturated heterocycles.